The first-order valence-electron chi connectivity index (χ1n) is 6.56. The Hall–Kier alpha value is -2.14. The van der Waals surface area contributed by atoms with Gasteiger partial charge in [0.2, 0.25) is 12.5 Å². The van der Waals surface area contributed by atoms with Crippen LogP contribution >= 0.6 is 0 Å². The van der Waals surface area contributed by atoms with E-state index in [4.69, 9.17) is 18.6 Å². The second-order valence-corrected chi connectivity index (χ2v) is 4.54. The predicted octanol–water partition coefficient (Wildman–Crippen LogP) is 2.35. The number of rotatable bonds is 6. The van der Waals surface area contributed by atoms with Gasteiger partial charge in [0.1, 0.15) is 5.76 Å². The molecule has 1 N–H and O–H groups in total. The molecule has 1 aliphatic rings. The maximum Gasteiger partial charge on any atom is 0.231 e. The van der Waals surface area contributed by atoms with Gasteiger partial charge in [0, 0.05) is 19.5 Å². The number of furan rings is 1. The molecule has 2 aromatic rings. The smallest absolute Gasteiger partial charge is 0.231 e. The van der Waals surface area contributed by atoms with E-state index in [-0.39, 0.29) is 6.79 Å². The Morgan fingerprint density at radius 1 is 1.30 bits per heavy atom. The number of hydrogen-bond acceptors (Lipinski definition) is 5. The van der Waals surface area contributed by atoms with Gasteiger partial charge in [-0.1, -0.05) is 0 Å². The minimum Gasteiger partial charge on any atom is -0.493 e. The molecule has 2 heterocycles. The molecule has 0 saturated heterocycles. The molecule has 0 atom stereocenters. The number of benzene rings is 1. The van der Waals surface area contributed by atoms with Crippen molar-refractivity contribution in [2.75, 3.05) is 20.4 Å². The molecule has 5 heteroatoms. The van der Waals surface area contributed by atoms with Gasteiger partial charge in [0.25, 0.3) is 0 Å². The quantitative estimate of drug-likeness (QED) is 0.820. The van der Waals surface area contributed by atoms with Crippen molar-refractivity contribution in [3.63, 3.8) is 0 Å². The van der Waals surface area contributed by atoms with Gasteiger partial charge < -0.3 is 23.9 Å². The van der Waals surface area contributed by atoms with Gasteiger partial charge in [0.15, 0.2) is 11.5 Å². The number of fused-ring (bicyclic) bond motifs is 1. The summed E-state index contributed by atoms with van der Waals surface area (Å²) in [6.45, 7) is 1.85. The van der Waals surface area contributed by atoms with E-state index in [0.29, 0.717) is 11.5 Å². The van der Waals surface area contributed by atoms with E-state index < -0.39 is 0 Å². The summed E-state index contributed by atoms with van der Waals surface area (Å²) in [6.07, 6.45) is 2.56. The van der Waals surface area contributed by atoms with Crippen LogP contribution in [-0.2, 0) is 13.0 Å². The Labute approximate surface area is 117 Å². The highest BCUT2D eigenvalue weighted by Gasteiger charge is 2.19. The molecular formula is C15H17NO4. The zero-order valence-electron chi connectivity index (χ0n) is 11.3. The molecular weight excluding hydrogens is 258 g/mol. The summed E-state index contributed by atoms with van der Waals surface area (Å²) >= 11 is 0. The van der Waals surface area contributed by atoms with Crippen LogP contribution in [0, 0.1) is 0 Å². The Morgan fingerprint density at radius 2 is 2.25 bits per heavy atom. The lowest BCUT2D eigenvalue weighted by molar-refractivity contribution is 0.171. The standard InChI is InChI=1S/C15H17NO4/c1-17-13-7-11(8-14-15(13)20-10-19-14)9-16-5-4-12-3-2-6-18-12/h2-3,6-8,16H,4-5,9-10H2,1H3. The summed E-state index contributed by atoms with van der Waals surface area (Å²) in [7, 11) is 1.63. The summed E-state index contributed by atoms with van der Waals surface area (Å²) in [5, 5.41) is 3.37. The first-order chi connectivity index (χ1) is 9.86. The van der Waals surface area contributed by atoms with Crippen molar-refractivity contribution in [1.29, 1.82) is 0 Å². The normalized spacial score (nSPS) is 12.7. The van der Waals surface area contributed by atoms with Crippen LogP contribution in [0.1, 0.15) is 11.3 Å². The van der Waals surface area contributed by atoms with Crippen LogP contribution in [0.15, 0.2) is 34.9 Å². The largest absolute Gasteiger partial charge is 0.493 e. The van der Waals surface area contributed by atoms with E-state index in [2.05, 4.69) is 5.32 Å². The molecule has 3 rings (SSSR count). The van der Waals surface area contributed by atoms with Crippen molar-refractivity contribution in [1.82, 2.24) is 5.32 Å². The first kappa shape index (κ1) is 12.9. The highest BCUT2D eigenvalue weighted by Crippen LogP contribution is 2.41. The van der Waals surface area contributed by atoms with Gasteiger partial charge in [-0.25, -0.2) is 0 Å². The van der Waals surface area contributed by atoms with Crippen LogP contribution in [0.3, 0.4) is 0 Å². The van der Waals surface area contributed by atoms with Crippen LogP contribution < -0.4 is 19.5 Å². The minimum atomic E-state index is 0.251. The Balaban J connectivity index is 1.57. The molecule has 0 unspecified atom stereocenters. The fourth-order valence-corrected chi connectivity index (χ4v) is 2.19. The molecule has 1 aromatic heterocycles. The lowest BCUT2D eigenvalue weighted by atomic mass is 10.2. The van der Waals surface area contributed by atoms with Gasteiger partial charge in [-0.2, -0.15) is 0 Å². The van der Waals surface area contributed by atoms with Gasteiger partial charge in [-0.15, -0.1) is 0 Å². The molecule has 0 saturated carbocycles. The minimum absolute atomic E-state index is 0.251. The number of nitrogens with one attached hydrogen (secondary N) is 1. The van der Waals surface area contributed by atoms with Gasteiger partial charge in [-0.05, 0) is 29.8 Å². The average molecular weight is 275 g/mol. The van der Waals surface area contributed by atoms with Crippen molar-refractivity contribution in [3.8, 4) is 17.2 Å². The Kier molecular flexibility index (Phi) is 3.78. The van der Waals surface area contributed by atoms with E-state index in [1.54, 1.807) is 13.4 Å². The van der Waals surface area contributed by atoms with Crippen molar-refractivity contribution in [3.05, 3.63) is 41.9 Å². The van der Waals surface area contributed by atoms with Gasteiger partial charge >= 0.3 is 0 Å². The fraction of sp³-hybridized carbons (Fsp3) is 0.333. The summed E-state index contributed by atoms with van der Waals surface area (Å²) in [5.74, 6) is 3.13. The van der Waals surface area contributed by atoms with Crippen LogP contribution in [0.2, 0.25) is 0 Å². The van der Waals surface area contributed by atoms with Crippen molar-refractivity contribution in [2.24, 2.45) is 0 Å². The van der Waals surface area contributed by atoms with Crippen LogP contribution in [0.5, 0.6) is 17.2 Å². The molecule has 0 fully saturated rings. The lowest BCUT2D eigenvalue weighted by Crippen LogP contribution is -2.16. The second-order valence-electron chi connectivity index (χ2n) is 4.54. The predicted molar refractivity (Wildman–Crippen MR) is 73.2 cm³/mol. The van der Waals surface area contributed by atoms with E-state index in [0.717, 1.165) is 36.6 Å². The molecule has 0 radical (unpaired) electrons. The van der Waals surface area contributed by atoms with E-state index in [9.17, 15) is 0 Å². The molecule has 5 nitrogen and oxygen atoms in total. The molecule has 0 aliphatic carbocycles. The highest BCUT2D eigenvalue weighted by atomic mass is 16.7. The van der Waals surface area contributed by atoms with Crippen molar-refractivity contribution >= 4 is 0 Å². The van der Waals surface area contributed by atoms with Crippen molar-refractivity contribution in [2.45, 2.75) is 13.0 Å². The SMILES string of the molecule is COc1cc(CNCCc2ccco2)cc2c1OCO2. The number of ether oxygens (including phenoxy) is 3. The summed E-state index contributed by atoms with van der Waals surface area (Å²) in [4.78, 5) is 0. The van der Waals surface area contributed by atoms with Crippen LogP contribution in [0.4, 0.5) is 0 Å². The summed E-state index contributed by atoms with van der Waals surface area (Å²) in [6, 6.07) is 7.82. The summed E-state index contributed by atoms with van der Waals surface area (Å²) in [5.41, 5.74) is 1.10. The number of methoxy groups -OCH3 is 1. The maximum absolute atomic E-state index is 5.40. The average Bonchev–Trinajstić information content (AvgIpc) is 3.13. The third-order valence-electron chi connectivity index (χ3n) is 3.18. The first-order valence-corrected chi connectivity index (χ1v) is 6.56. The molecule has 106 valence electrons. The molecule has 0 amide bonds. The van der Waals surface area contributed by atoms with Crippen LogP contribution in [-0.4, -0.2) is 20.4 Å². The molecule has 0 spiro atoms. The van der Waals surface area contributed by atoms with Crippen molar-refractivity contribution < 1.29 is 18.6 Å². The second kappa shape index (κ2) is 5.88. The highest BCUT2D eigenvalue weighted by molar-refractivity contribution is 5.55. The van der Waals surface area contributed by atoms with E-state index >= 15 is 0 Å². The molecule has 0 bridgehead atoms. The maximum atomic E-state index is 5.40. The fourth-order valence-electron chi connectivity index (χ4n) is 2.19. The zero-order chi connectivity index (χ0) is 13.8. The van der Waals surface area contributed by atoms with Crippen LogP contribution in [0.25, 0.3) is 0 Å². The zero-order valence-corrected chi connectivity index (χ0v) is 11.3. The van der Waals surface area contributed by atoms with E-state index in [1.807, 2.05) is 24.3 Å². The third kappa shape index (κ3) is 2.72. The molecule has 1 aliphatic heterocycles. The van der Waals surface area contributed by atoms with E-state index in [1.165, 1.54) is 0 Å². The molecule has 20 heavy (non-hydrogen) atoms. The molecule has 1 aromatic carbocycles. The van der Waals surface area contributed by atoms with Gasteiger partial charge in [-0.3, -0.25) is 0 Å². The topological polar surface area (TPSA) is 52.9 Å². The monoisotopic (exact) mass is 275 g/mol. The Morgan fingerprint density at radius 3 is 3.05 bits per heavy atom. The Bertz CT molecular complexity index is 566. The summed E-state index contributed by atoms with van der Waals surface area (Å²) < 4.78 is 21.4. The van der Waals surface area contributed by atoms with Gasteiger partial charge in [0.05, 0.1) is 13.4 Å². The third-order valence-corrected chi connectivity index (χ3v) is 3.18. The number of hydrogen-bond donors (Lipinski definition) is 1. The lowest BCUT2D eigenvalue weighted by Gasteiger charge is -2.09.